The van der Waals surface area contributed by atoms with Gasteiger partial charge in [-0.3, -0.25) is 9.59 Å². The standard InChI is InChI=1S/C33H33F2N5O3/c34-22-14-23-24(17-36-30(23)25(35)15-22)31-37-26(18-4-10-21(11-5-18)32(41)40-12-2-1-3-13-40)16-27(39-31)38-29-20-8-6-19(7-9-20)28(29)33(42)43/h4-5,10-11,14-17,19-20,28-29,36H,1-3,6-9,12-13H2,(H,42,43)(H,37,38,39)/t19?,20?,28-,29-/m1/s1. The number of nitrogens with one attached hydrogen (secondary N) is 2. The number of aliphatic carboxylic acids is 1. The molecule has 43 heavy (non-hydrogen) atoms. The van der Waals surface area contributed by atoms with E-state index in [1.807, 2.05) is 17.0 Å². The van der Waals surface area contributed by atoms with E-state index in [4.69, 9.17) is 9.97 Å². The maximum Gasteiger partial charge on any atom is 0.308 e. The van der Waals surface area contributed by atoms with Gasteiger partial charge in [-0.15, -0.1) is 0 Å². The number of rotatable bonds is 6. The van der Waals surface area contributed by atoms with Crippen LogP contribution in [0.4, 0.5) is 14.6 Å². The number of carbonyl (C=O) groups excluding carboxylic acids is 1. The second-order valence-electron chi connectivity index (χ2n) is 12.1. The summed E-state index contributed by atoms with van der Waals surface area (Å²) in [7, 11) is 0. The Balaban J connectivity index is 1.28. The van der Waals surface area contributed by atoms with E-state index in [0.717, 1.165) is 69.7 Å². The van der Waals surface area contributed by atoms with Crippen molar-refractivity contribution in [1.82, 2.24) is 19.9 Å². The number of hydrogen-bond acceptors (Lipinski definition) is 5. The van der Waals surface area contributed by atoms with Gasteiger partial charge in [0.1, 0.15) is 17.5 Å². The minimum absolute atomic E-state index is 0.00638. The number of hydrogen-bond donors (Lipinski definition) is 3. The van der Waals surface area contributed by atoms with Gasteiger partial charge < -0.3 is 20.3 Å². The smallest absolute Gasteiger partial charge is 0.308 e. The summed E-state index contributed by atoms with van der Waals surface area (Å²) in [4.78, 5) is 39.7. The van der Waals surface area contributed by atoms with Gasteiger partial charge >= 0.3 is 5.97 Å². The Hall–Kier alpha value is -4.34. The minimum Gasteiger partial charge on any atom is -0.481 e. The van der Waals surface area contributed by atoms with E-state index < -0.39 is 23.5 Å². The Morgan fingerprint density at radius 3 is 2.37 bits per heavy atom. The largest absolute Gasteiger partial charge is 0.481 e. The van der Waals surface area contributed by atoms with E-state index in [2.05, 4.69) is 10.3 Å². The molecule has 8 rings (SSSR count). The second-order valence-corrected chi connectivity index (χ2v) is 12.1. The number of benzene rings is 2. The molecule has 8 nitrogen and oxygen atoms in total. The number of amides is 1. The van der Waals surface area contributed by atoms with Crippen molar-refractivity contribution < 1.29 is 23.5 Å². The molecule has 2 aromatic heterocycles. The fourth-order valence-electron chi connectivity index (χ4n) is 7.38. The predicted octanol–water partition coefficient (Wildman–Crippen LogP) is 6.50. The zero-order chi connectivity index (χ0) is 29.7. The highest BCUT2D eigenvalue weighted by Gasteiger charge is 2.47. The third-order valence-electron chi connectivity index (χ3n) is 9.56. The zero-order valence-electron chi connectivity index (χ0n) is 23.7. The molecular formula is C33H33F2N5O3. The molecule has 2 bridgehead atoms. The Morgan fingerprint density at radius 2 is 1.65 bits per heavy atom. The van der Waals surface area contributed by atoms with Gasteiger partial charge in [0, 0.05) is 59.5 Å². The monoisotopic (exact) mass is 585 g/mol. The average molecular weight is 586 g/mol. The third kappa shape index (κ3) is 5.13. The average Bonchev–Trinajstić information content (AvgIpc) is 3.46. The van der Waals surface area contributed by atoms with Crippen LogP contribution in [0.1, 0.15) is 55.3 Å². The Bertz CT molecular complexity index is 1690. The molecule has 222 valence electrons. The number of likely N-dealkylation sites (tertiary alicyclic amines) is 1. The molecule has 2 atom stereocenters. The van der Waals surface area contributed by atoms with Gasteiger partial charge in [0.2, 0.25) is 0 Å². The number of fused-ring (bicyclic) bond motifs is 4. The number of aromatic amines is 1. The van der Waals surface area contributed by atoms with E-state index in [0.29, 0.717) is 28.0 Å². The first-order valence-electron chi connectivity index (χ1n) is 15.1. The lowest BCUT2D eigenvalue weighted by molar-refractivity contribution is -0.148. The summed E-state index contributed by atoms with van der Waals surface area (Å²) >= 11 is 0. The quantitative estimate of drug-likeness (QED) is 0.238. The van der Waals surface area contributed by atoms with Crippen molar-refractivity contribution in [2.75, 3.05) is 18.4 Å². The number of aromatic nitrogens is 3. The topological polar surface area (TPSA) is 111 Å². The summed E-state index contributed by atoms with van der Waals surface area (Å²) in [5.74, 6) is -1.73. The van der Waals surface area contributed by atoms with Crippen molar-refractivity contribution >= 4 is 28.6 Å². The van der Waals surface area contributed by atoms with Crippen LogP contribution in [0, 0.1) is 29.4 Å². The van der Waals surface area contributed by atoms with Gasteiger partial charge in [-0.1, -0.05) is 12.1 Å². The van der Waals surface area contributed by atoms with Crippen LogP contribution in [0.15, 0.2) is 48.7 Å². The molecule has 0 radical (unpaired) electrons. The fourth-order valence-corrected chi connectivity index (χ4v) is 7.38. The number of anilines is 1. The normalized spacial score (nSPS) is 23.4. The van der Waals surface area contributed by atoms with Crippen LogP contribution in [-0.2, 0) is 4.79 Å². The lowest BCUT2D eigenvalue weighted by Crippen LogP contribution is -2.51. The molecule has 4 aliphatic rings. The van der Waals surface area contributed by atoms with Crippen LogP contribution < -0.4 is 5.32 Å². The van der Waals surface area contributed by atoms with Gasteiger partial charge in [-0.25, -0.2) is 18.7 Å². The van der Waals surface area contributed by atoms with Crippen LogP contribution in [0.5, 0.6) is 0 Å². The molecule has 1 saturated heterocycles. The maximum atomic E-state index is 14.5. The van der Waals surface area contributed by atoms with Gasteiger partial charge in [0.25, 0.3) is 5.91 Å². The van der Waals surface area contributed by atoms with E-state index in [1.165, 1.54) is 6.07 Å². The summed E-state index contributed by atoms with van der Waals surface area (Å²) < 4.78 is 28.8. The molecule has 3 aliphatic carbocycles. The number of carboxylic acids is 1. The number of H-pyrrole nitrogens is 1. The number of carbonyl (C=O) groups is 2. The lowest BCUT2D eigenvalue weighted by atomic mass is 9.61. The molecule has 0 spiro atoms. The van der Waals surface area contributed by atoms with Crippen molar-refractivity contribution in [3.05, 3.63) is 65.9 Å². The predicted molar refractivity (Wildman–Crippen MR) is 158 cm³/mol. The van der Waals surface area contributed by atoms with Gasteiger partial charge in [0.05, 0.1) is 17.1 Å². The van der Waals surface area contributed by atoms with Gasteiger partial charge in [0.15, 0.2) is 5.82 Å². The summed E-state index contributed by atoms with van der Waals surface area (Å²) in [6.45, 7) is 1.52. The van der Waals surface area contributed by atoms with Gasteiger partial charge in [-0.05, 0) is 75.0 Å². The summed E-state index contributed by atoms with van der Waals surface area (Å²) in [5.41, 5.74) is 2.46. The maximum absolute atomic E-state index is 14.5. The molecule has 1 aliphatic heterocycles. The van der Waals surface area contributed by atoms with E-state index >= 15 is 0 Å². The van der Waals surface area contributed by atoms with E-state index in [9.17, 15) is 23.5 Å². The molecular weight excluding hydrogens is 552 g/mol. The van der Waals surface area contributed by atoms with Crippen LogP contribution >= 0.6 is 0 Å². The molecule has 4 fully saturated rings. The molecule has 10 heteroatoms. The Morgan fingerprint density at radius 1 is 0.930 bits per heavy atom. The van der Waals surface area contributed by atoms with E-state index in [1.54, 1.807) is 24.4 Å². The third-order valence-corrected chi connectivity index (χ3v) is 9.56. The van der Waals surface area contributed by atoms with Crippen molar-refractivity contribution in [1.29, 1.82) is 0 Å². The number of halogens is 2. The van der Waals surface area contributed by atoms with Crippen molar-refractivity contribution in [2.24, 2.45) is 17.8 Å². The second kappa shape index (κ2) is 11.1. The Kier molecular flexibility index (Phi) is 7.07. The first-order chi connectivity index (χ1) is 20.9. The highest BCUT2D eigenvalue weighted by molar-refractivity contribution is 5.96. The van der Waals surface area contributed by atoms with Crippen molar-refractivity contribution in [2.45, 2.75) is 51.0 Å². The summed E-state index contributed by atoms with van der Waals surface area (Å²) in [6, 6.07) is 10.8. The summed E-state index contributed by atoms with van der Waals surface area (Å²) in [6.07, 6.45) is 8.46. The molecule has 2 aromatic carbocycles. The number of piperidine rings is 1. The van der Waals surface area contributed by atoms with E-state index in [-0.39, 0.29) is 35.1 Å². The van der Waals surface area contributed by atoms with Crippen molar-refractivity contribution in [3.63, 3.8) is 0 Å². The number of carboxylic acid groups (broad SMARTS) is 1. The van der Waals surface area contributed by atoms with Crippen LogP contribution in [0.2, 0.25) is 0 Å². The van der Waals surface area contributed by atoms with Crippen molar-refractivity contribution in [3.8, 4) is 22.6 Å². The van der Waals surface area contributed by atoms with Crippen LogP contribution in [-0.4, -0.2) is 56.0 Å². The highest BCUT2D eigenvalue weighted by atomic mass is 19.1. The van der Waals surface area contributed by atoms with Crippen LogP contribution in [0.3, 0.4) is 0 Å². The molecule has 3 saturated carbocycles. The molecule has 3 heterocycles. The van der Waals surface area contributed by atoms with Gasteiger partial charge in [-0.2, -0.15) is 0 Å². The first kappa shape index (κ1) is 27.5. The highest BCUT2D eigenvalue weighted by Crippen LogP contribution is 2.46. The first-order valence-corrected chi connectivity index (χ1v) is 15.1. The molecule has 3 N–H and O–H groups in total. The SMILES string of the molecule is O=C(O)[C@@H]1C2CCC(CC2)[C@H]1Nc1cc(-c2ccc(C(=O)N3CCCCC3)cc2)nc(-c2c[nH]c3c(F)cc(F)cc23)n1. The lowest BCUT2D eigenvalue weighted by Gasteiger charge is -2.47. The molecule has 1 amide bonds. The number of nitrogens with zero attached hydrogens (tertiary/aromatic N) is 3. The Labute approximate surface area is 247 Å². The summed E-state index contributed by atoms with van der Waals surface area (Å²) in [5, 5.41) is 13.9. The molecule has 0 unspecified atom stereocenters. The minimum atomic E-state index is -0.807. The fraction of sp³-hybridized carbons (Fsp3) is 0.394. The zero-order valence-corrected chi connectivity index (χ0v) is 23.7. The molecule has 4 aromatic rings. The van der Waals surface area contributed by atoms with Crippen LogP contribution in [0.25, 0.3) is 33.5 Å².